The summed E-state index contributed by atoms with van der Waals surface area (Å²) in [6.07, 6.45) is 2.01. The third-order valence-electron chi connectivity index (χ3n) is 2.89. The standard InChI is InChI=1S/C10H16N4O2/c1-7-10(15,3-5-16-7)6-13-9-12-4-2-8(11)14-9/h2,4,7,15H,3,5-6H2,1H3,(H3,11,12,13,14). The number of anilines is 2. The van der Waals surface area contributed by atoms with Gasteiger partial charge in [-0.05, 0) is 13.0 Å². The van der Waals surface area contributed by atoms with Crippen LogP contribution in [0.15, 0.2) is 12.3 Å². The Morgan fingerprint density at radius 2 is 2.56 bits per heavy atom. The van der Waals surface area contributed by atoms with Crippen LogP contribution in [0.5, 0.6) is 0 Å². The van der Waals surface area contributed by atoms with E-state index in [1.54, 1.807) is 12.3 Å². The summed E-state index contributed by atoms with van der Waals surface area (Å²) >= 11 is 0. The molecule has 1 aliphatic rings. The highest BCUT2D eigenvalue weighted by atomic mass is 16.5. The molecule has 0 aliphatic carbocycles. The molecule has 1 saturated heterocycles. The Kier molecular flexibility index (Phi) is 2.93. The highest BCUT2D eigenvalue weighted by molar-refractivity contribution is 5.35. The second-order valence-corrected chi connectivity index (χ2v) is 4.03. The highest BCUT2D eigenvalue weighted by Gasteiger charge is 2.39. The zero-order chi connectivity index (χ0) is 11.6. The van der Waals surface area contributed by atoms with Crippen LogP contribution in [0.25, 0.3) is 0 Å². The number of aliphatic hydroxyl groups is 1. The predicted octanol–water partition coefficient (Wildman–Crippen LogP) is 0.0106. The first kappa shape index (κ1) is 11.1. The smallest absolute Gasteiger partial charge is 0.224 e. The van der Waals surface area contributed by atoms with Gasteiger partial charge < -0.3 is 20.9 Å². The van der Waals surface area contributed by atoms with E-state index in [1.165, 1.54) is 0 Å². The van der Waals surface area contributed by atoms with Crippen LogP contribution in [0.4, 0.5) is 11.8 Å². The summed E-state index contributed by atoms with van der Waals surface area (Å²) in [7, 11) is 0. The number of ether oxygens (including phenoxy) is 1. The summed E-state index contributed by atoms with van der Waals surface area (Å²) < 4.78 is 5.33. The van der Waals surface area contributed by atoms with E-state index in [-0.39, 0.29) is 6.10 Å². The fourth-order valence-electron chi connectivity index (χ4n) is 1.69. The summed E-state index contributed by atoms with van der Waals surface area (Å²) in [6.45, 7) is 2.80. The average molecular weight is 224 g/mol. The Labute approximate surface area is 93.9 Å². The molecule has 1 aliphatic heterocycles. The quantitative estimate of drug-likeness (QED) is 0.669. The van der Waals surface area contributed by atoms with Crippen molar-refractivity contribution in [1.82, 2.24) is 9.97 Å². The van der Waals surface area contributed by atoms with E-state index in [1.807, 2.05) is 6.92 Å². The summed E-state index contributed by atoms with van der Waals surface area (Å²) in [5.41, 5.74) is 4.67. The molecule has 88 valence electrons. The van der Waals surface area contributed by atoms with Crippen LogP contribution in [0.3, 0.4) is 0 Å². The zero-order valence-electron chi connectivity index (χ0n) is 9.18. The maximum absolute atomic E-state index is 10.2. The van der Waals surface area contributed by atoms with Gasteiger partial charge in [-0.2, -0.15) is 4.98 Å². The van der Waals surface area contributed by atoms with E-state index in [9.17, 15) is 5.11 Å². The van der Waals surface area contributed by atoms with E-state index < -0.39 is 5.60 Å². The number of nitrogen functional groups attached to an aromatic ring is 1. The summed E-state index contributed by atoms with van der Waals surface area (Å²) in [6, 6.07) is 1.61. The third kappa shape index (κ3) is 2.23. The molecule has 2 heterocycles. The van der Waals surface area contributed by atoms with Crippen molar-refractivity contribution < 1.29 is 9.84 Å². The normalized spacial score (nSPS) is 29.2. The number of hydrogen-bond donors (Lipinski definition) is 3. The van der Waals surface area contributed by atoms with Crippen molar-refractivity contribution in [2.45, 2.75) is 25.0 Å². The minimum atomic E-state index is -0.853. The van der Waals surface area contributed by atoms with Gasteiger partial charge in [0, 0.05) is 25.8 Å². The molecule has 2 rings (SSSR count). The molecule has 1 aromatic rings. The van der Waals surface area contributed by atoms with Gasteiger partial charge in [-0.25, -0.2) is 4.98 Å². The number of rotatable bonds is 3. The van der Waals surface area contributed by atoms with Crippen molar-refractivity contribution in [3.05, 3.63) is 12.3 Å². The molecule has 0 aromatic carbocycles. The van der Waals surface area contributed by atoms with Crippen LogP contribution < -0.4 is 11.1 Å². The lowest BCUT2D eigenvalue weighted by Crippen LogP contribution is -2.43. The molecule has 0 saturated carbocycles. The lowest BCUT2D eigenvalue weighted by atomic mass is 9.97. The highest BCUT2D eigenvalue weighted by Crippen LogP contribution is 2.25. The Hall–Kier alpha value is -1.40. The first-order chi connectivity index (χ1) is 7.60. The van der Waals surface area contributed by atoms with Crippen molar-refractivity contribution in [2.24, 2.45) is 0 Å². The van der Waals surface area contributed by atoms with Crippen molar-refractivity contribution >= 4 is 11.8 Å². The van der Waals surface area contributed by atoms with E-state index in [2.05, 4.69) is 15.3 Å². The van der Waals surface area contributed by atoms with Gasteiger partial charge in [0.2, 0.25) is 5.95 Å². The monoisotopic (exact) mass is 224 g/mol. The zero-order valence-corrected chi connectivity index (χ0v) is 9.18. The largest absolute Gasteiger partial charge is 0.385 e. The minimum absolute atomic E-state index is 0.180. The number of aromatic nitrogens is 2. The number of nitrogens with two attached hydrogens (primary N) is 1. The molecule has 0 radical (unpaired) electrons. The van der Waals surface area contributed by atoms with Crippen LogP contribution in [0.1, 0.15) is 13.3 Å². The molecule has 0 amide bonds. The molecular formula is C10H16N4O2. The third-order valence-corrected chi connectivity index (χ3v) is 2.89. The lowest BCUT2D eigenvalue weighted by molar-refractivity contribution is -0.0176. The van der Waals surface area contributed by atoms with Crippen molar-refractivity contribution in [3.8, 4) is 0 Å². The number of nitrogens with zero attached hydrogens (tertiary/aromatic N) is 2. The van der Waals surface area contributed by atoms with Crippen LogP contribution in [0.2, 0.25) is 0 Å². The first-order valence-corrected chi connectivity index (χ1v) is 5.26. The molecule has 0 spiro atoms. The van der Waals surface area contributed by atoms with Crippen molar-refractivity contribution in [3.63, 3.8) is 0 Å². The molecule has 16 heavy (non-hydrogen) atoms. The molecule has 2 atom stereocenters. The van der Waals surface area contributed by atoms with E-state index >= 15 is 0 Å². The van der Waals surface area contributed by atoms with Crippen LogP contribution in [0, 0.1) is 0 Å². The molecule has 2 unspecified atom stereocenters. The first-order valence-electron chi connectivity index (χ1n) is 5.26. The van der Waals surface area contributed by atoms with Gasteiger partial charge in [0.15, 0.2) is 0 Å². The van der Waals surface area contributed by atoms with E-state index in [0.717, 1.165) is 0 Å². The topological polar surface area (TPSA) is 93.3 Å². The molecular weight excluding hydrogens is 208 g/mol. The molecule has 0 bridgehead atoms. The average Bonchev–Trinajstić information content (AvgIpc) is 2.58. The van der Waals surface area contributed by atoms with Gasteiger partial charge in [-0.1, -0.05) is 0 Å². The SMILES string of the molecule is CC1OCCC1(O)CNc1nccc(N)n1. The second kappa shape index (κ2) is 4.23. The van der Waals surface area contributed by atoms with Gasteiger partial charge in [-0.15, -0.1) is 0 Å². The maximum Gasteiger partial charge on any atom is 0.224 e. The van der Waals surface area contributed by atoms with Gasteiger partial charge >= 0.3 is 0 Å². The molecule has 1 fully saturated rings. The van der Waals surface area contributed by atoms with E-state index in [4.69, 9.17) is 10.5 Å². The minimum Gasteiger partial charge on any atom is -0.385 e. The maximum atomic E-state index is 10.2. The Morgan fingerprint density at radius 1 is 1.75 bits per heavy atom. The predicted molar refractivity (Wildman–Crippen MR) is 59.9 cm³/mol. The van der Waals surface area contributed by atoms with Gasteiger partial charge in [-0.3, -0.25) is 0 Å². The van der Waals surface area contributed by atoms with E-state index in [0.29, 0.717) is 31.3 Å². The van der Waals surface area contributed by atoms with Gasteiger partial charge in [0.25, 0.3) is 0 Å². The lowest BCUT2D eigenvalue weighted by Gasteiger charge is -2.26. The summed E-state index contributed by atoms with van der Waals surface area (Å²) in [5, 5.41) is 13.2. The molecule has 1 aromatic heterocycles. The fourth-order valence-corrected chi connectivity index (χ4v) is 1.69. The Bertz CT molecular complexity index is 374. The molecule has 6 heteroatoms. The summed E-state index contributed by atoms with van der Waals surface area (Å²) in [5.74, 6) is 0.827. The second-order valence-electron chi connectivity index (χ2n) is 4.03. The van der Waals surface area contributed by atoms with Crippen molar-refractivity contribution in [1.29, 1.82) is 0 Å². The Balaban J connectivity index is 1.97. The summed E-state index contributed by atoms with van der Waals surface area (Å²) in [4.78, 5) is 8.00. The van der Waals surface area contributed by atoms with Crippen LogP contribution >= 0.6 is 0 Å². The van der Waals surface area contributed by atoms with Gasteiger partial charge in [0.1, 0.15) is 11.4 Å². The van der Waals surface area contributed by atoms with Crippen LogP contribution in [-0.4, -0.2) is 39.9 Å². The fraction of sp³-hybridized carbons (Fsp3) is 0.600. The number of nitrogens with one attached hydrogen (secondary N) is 1. The molecule has 4 N–H and O–H groups in total. The Morgan fingerprint density at radius 3 is 3.19 bits per heavy atom. The molecule has 6 nitrogen and oxygen atoms in total. The van der Waals surface area contributed by atoms with Gasteiger partial charge in [0.05, 0.1) is 6.10 Å². The van der Waals surface area contributed by atoms with Crippen LogP contribution in [-0.2, 0) is 4.74 Å². The van der Waals surface area contributed by atoms with Crippen molar-refractivity contribution in [2.75, 3.05) is 24.2 Å². The number of hydrogen-bond acceptors (Lipinski definition) is 6.